The maximum absolute atomic E-state index is 11.0. The van der Waals surface area contributed by atoms with Crippen molar-refractivity contribution in [2.24, 2.45) is 5.92 Å². The summed E-state index contributed by atoms with van der Waals surface area (Å²) >= 11 is 0. The molecule has 6 nitrogen and oxygen atoms in total. The lowest BCUT2D eigenvalue weighted by molar-refractivity contribution is 0.0697. The van der Waals surface area contributed by atoms with Crippen LogP contribution in [0, 0.1) is 19.8 Å². The summed E-state index contributed by atoms with van der Waals surface area (Å²) in [7, 11) is 2.20. The van der Waals surface area contributed by atoms with Crippen LogP contribution in [0.15, 0.2) is 42.5 Å². The Bertz CT molecular complexity index is 1100. The Morgan fingerprint density at radius 1 is 1.00 bits per heavy atom. The second-order valence-corrected chi connectivity index (χ2v) is 9.14. The summed E-state index contributed by atoms with van der Waals surface area (Å²) in [5.74, 6) is 1.01. The summed E-state index contributed by atoms with van der Waals surface area (Å²) in [5.41, 5.74) is 4.06. The predicted octanol–water partition coefficient (Wildman–Crippen LogP) is 4.63. The lowest BCUT2D eigenvalue weighted by Gasteiger charge is -2.34. The van der Waals surface area contributed by atoms with Gasteiger partial charge in [0.25, 0.3) is 0 Å². The minimum Gasteiger partial charge on any atom is -0.478 e. The molecule has 1 saturated heterocycles. The first-order valence-corrected chi connectivity index (χ1v) is 11.3. The maximum Gasteiger partial charge on any atom is 0.335 e. The van der Waals surface area contributed by atoms with Gasteiger partial charge in [-0.15, -0.1) is 0 Å². The summed E-state index contributed by atoms with van der Waals surface area (Å²) in [4.78, 5) is 16.0. The first kappa shape index (κ1) is 22.4. The van der Waals surface area contributed by atoms with Crippen molar-refractivity contribution in [2.75, 3.05) is 39.8 Å². The second-order valence-electron chi connectivity index (χ2n) is 9.14. The van der Waals surface area contributed by atoms with Gasteiger partial charge in [0.15, 0.2) is 0 Å². The van der Waals surface area contributed by atoms with Gasteiger partial charge in [-0.1, -0.05) is 6.92 Å². The minimum absolute atomic E-state index is 0.252. The predicted molar refractivity (Wildman–Crippen MR) is 128 cm³/mol. The fourth-order valence-corrected chi connectivity index (χ4v) is 4.57. The van der Waals surface area contributed by atoms with Crippen LogP contribution in [0.5, 0.6) is 11.5 Å². The molecule has 2 heterocycles. The number of benzene rings is 2. The monoisotopic (exact) mass is 435 g/mol. The molecule has 2 aromatic carbocycles. The summed E-state index contributed by atoms with van der Waals surface area (Å²) < 4.78 is 8.44. The molecular formula is C26H33N3O3. The van der Waals surface area contributed by atoms with Crippen LogP contribution in [0.3, 0.4) is 0 Å². The summed E-state index contributed by atoms with van der Waals surface area (Å²) in [6.45, 7) is 13.4. The first-order chi connectivity index (χ1) is 15.3. The zero-order valence-electron chi connectivity index (χ0n) is 19.5. The number of aryl methyl sites for hydroxylation is 1. The Morgan fingerprint density at radius 3 is 2.31 bits per heavy atom. The van der Waals surface area contributed by atoms with Gasteiger partial charge in [-0.05, 0) is 74.8 Å². The molecular weight excluding hydrogens is 402 g/mol. The number of likely N-dealkylation sites (N-methyl/N-ethyl adjacent to an activating group) is 1. The van der Waals surface area contributed by atoms with Crippen LogP contribution in [0.25, 0.3) is 10.9 Å². The van der Waals surface area contributed by atoms with E-state index in [1.165, 1.54) is 22.2 Å². The summed E-state index contributed by atoms with van der Waals surface area (Å²) in [5, 5.41) is 10.3. The molecule has 3 aromatic rings. The molecule has 1 aliphatic heterocycles. The van der Waals surface area contributed by atoms with E-state index in [4.69, 9.17) is 9.84 Å². The van der Waals surface area contributed by atoms with Crippen LogP contribution >= 0.6 is 0 Å². The van der Waals surface area contributed by atoms with Gasteiger partial charge in [0.2, 0.25) is 0 Å². The van der Waals surface area contributed by atoms with Gasteiger partial charge in [-0.2, -0.15) is 0 Å². The summed E-state index contributed by atoms with van der Waals surface area (Å²) in [6.07, 6.45) is 0. The molecule has 1 aromatic heterocycles. The van der Waals surface area contributed by atoms with Crippen molar-refractivity contribution in [2.45, 2.75) is 27.3 Å². The molecule has 32 heavy (non-hydrogen) atoms. The topological polar surface area (TPSA) is 57.9 Å². The molecule has 0 bridgehead atoms. The quantitative estimate of drug-likeness (QED) is 0.586. The third-order valence-electron chi connectivity index (χ3n) is 6.61. The standard InChI is InChI=1S/C26H33N3O3/c1-18(16-28-13-11-27(4)12-14-28)17-29-20(3)19(2)24-15-23(9-10-25(24)29)32-22-7-5-21(6-8-22)26(30)31/h5-10,15,18H,11-14,16-17H2,1-4H3,(H,30,31). The van der Waals surface area contributed by atoms with Crippen molar-refractivity contribution >= 4 is 16.9 Å². The Balaban J connectivity index is 1.50. The zero-order chi connectivity index (χ0) is 22.8. The molecule has 1 aliphatic rings. The molecule has 1 N–H and O–H groups in total. The van der Waals surface area contributed by atoms with Crippen LogP contribution in [-0.2, 0) is 6.54 Å². The SMILES string of the molecule is Cc1c(C)n(CC(C)CN2CCN(C)CC2)c2ccc(Oc3ccc(C(=O)O)cc3)cc12. The third kappa shape index (κ3) is 4.81. The normalized spacial score (nSPS) is 16.4. The molecule has 0 spiro atoms. The summed E-state index contributed by atoms with van der Waals surface area (Å²) in [6, 6.07) is 12.7. The molecule has 0 amide bonds. The molecule has 0 radical (unpaired) electrons. The number of nitrogens with zero attached hydrogens (tertiary/aromatic N) is 3. The highest BCUT2D eigenvalue weighted by atomic mass is 16.5. The lowest BCUT2D eigenvalue weighted by atomic mass is 10.1. The van der Waals surface area contributed by atoms with Crippen molar-refractivity contribution < 1.29 is 14.6 Å². The average Bonchev–Trinajstić information content (AvgIpc) is 3.00. The first-order valence-electron chi connectivity index (χ1n) is 11.3. The molecule has 0 aliphatic carbocycles. The van der Waals surface area contributed by atoms with E-state index in [0.717, 1.165) is 45.0 Å². The fourth-order valence-electron chi connectivity index (χ4n) is 4.57. The highest BCUT2D eigenvalue weighted by Gasteiger charge is 2.19. The maximum atomic E-state index is 11.0. The second kappa shape index (κ2) is 9.35. The minimum atomic E-state index is -0.938. The lowest BCUT2D eigenvalue weighted by Crippen LogP contribution is -2.46. The number of carboxylic acid groups (broad SMARTS) is 1. The average molecular weight is 436 g/mol. The van der Waals surface area contributed by atoms with Crippen molar-refractivity contribution in [1.29, 1.82) is 0 Å². The Hall–Kier alpha value is -2.83. The van der Waals surface area contributed by atoms with Crippen molar-refractivity contribution in [3.8, 4) is 11.5 Å². The Kier molecular flexibility index (Phi) is 6.53. The number of hydrogen-bond acceptors (Lipinski definition) is 4. The van der Waals surface area contributed by atoms with Crippen molar-refractivity contribution in [1.82, 2.24) is 14.4 Å². The molecule has 1 atom stereocenters. The number of ether oxygens (including phenoxy) is 1. The van der Waals surface area contributed by atoms with Crippen LogP contribution in [0.4, 0.5) is 0 Å². The highest BCUT2D eigenvalue weighted by molar-refractivity contribution is 5.88. The van der Waals surface area contributed by atoms with Gasteiger partial charge in [0.1, 0.15) is 11.5 Å². The number of rotatable bonds is 7. The highest BCUT2D eigenvalue weighted by Crippen LogP contribution is 2.31. The number of piperazine rings is 1. The zero-order valence-corrected chi connectivity index (χ0v) is 19.5. The largest absolute Gasteiger partial charge is 0.478 e. The number of hydrogen-bond donors (Lipinski definition) is 1. The fraction of sp³-hybridized carbons (Fsp3) is 0.423. The number of carbonyl (C=O) groups is 1. The van der Waals surface area contributed by atoms with Gasteiger partial charge < -0.3 is 24.2 Å². The van der Waals surface area contributed by atoms with Crippen molar-refractivity contribution in [3.63, 3.8) is 0 Å². The van der Waals surface area contributed by atoms with E-state index in [-0.39, 0.29) is 5.56 Å². The Morgan fingerprint density at radius 2 is 1.66 bits per heavy atom. The van der Waals surface area contributed by atoms with Gasteiger partial charge in [0, 0.05) is 55.9 Å². The van der Waals surface area contributed by atoms with E-state index in [1.807, 2.05) is 6.07 Å². The van der Waals surface area contributed by atoms with Gasteiger partial charge >= 0.3 is 5.97 Å². The number of aromatic nitrogens is 1. The van der Waals surface area contributed by atoms with Crippen LogP contribution in [0.2, 0.25) is 0 Å². The van der Waals surface area contributed by atoms with E-state index in [0.29, 0.717) is 11.7 Å². The third-order valence-corrected chi connectivity index (χ3v) is 6.61. The van der Waals surface area contributed by atoms with E-state index < -0.39 is 5.97 Å². The molecule has 0 saturated carbocycles. The van der Waals surface area contributed by atoms with Gasteiger partial charge in [-0.25, -0.2) is 4.79 Å². The molecule has 1 fully saturated rings. The number of fused-ring (bicyclic) bond motifs is 1. The van der Waals surface area contributed by atoms with Crippen LogP contribution < -0.4 is 4.74 Å². The Labute approximate surface area is 190 Å². The molecule has 1 unspecified atom stereocenters. The van der Waals surface area contributed by atoms with E-state index in [2.05, 4.69) is 54.3 Å². The number of aromatic carboxylic acids is 1. The van der Waals surface area contributed by atoms with E-state index in [1.54, 1.807) is 24.3 Å². The number of carboxylic acids is 1. The van der Waals surface area contributed by atoms with Gasteiger partial charge in [0.05, 0.1) is 5.56 Å². The molecule has 4 rings (SSSR count). The van der Waals surface area contributed by atoms with Crippen molar-refractivity contribution in [3.05, 3.63) is 59.3 Å². The van der Waals surface area contributed by atoms with E-state index >= 15 is 0 Å². The molecule has 170 valence electrons. The van der Waals surface area contributed by atoms with Gasteiger partial charge in [-0.3, -0.25) is 0 Å². The van der Waals surface area contributed by atoms with E-state index in [9.17, 15) is 4.79 Å². The smallest absolute Gasteiger partial charge is 0.335 e. The molecule has 6 heteroatoms. The van der Waals surface area contributed by atoms with Crippen LogP contribution in [-0.4, -0.2) is 65.2 Å². The van der Waals surface area contributed by atoms with Crippen LogP contribution in [0.1, 0.15) is 28.5 Å².